The number of nitro benzene ring substituents is 2. The number of benzene rings is 1. The van der Waals surface area contributed by atoms with E-state index in [1.54, 1.807) is 0 Å². The van der Waals surface area contributed by atoms with Gasteiger partial charge in [-0.2, -0.15) is 13.2 Å². The highest BCUT2D eigenvalue weighted by atomic mass is 32.1. The smallest absolute Gasteiger partial charge is 0.376 e. The quantitative estimate of drug-likeness (QED) is 0.498. The monoisotopic (exact) mass is 310 g/mol. The van der Waals surface area contributed by atoms with E-state index >= 15 is 0 Å². The summed E-state index contributed by atoms with van der Waals surface area (Å²) in [6.45, 7) is 0. The Morgan fingerprint density at radius 2 is 1.60 bits per heavy atom. The van der Waals surface area contributed by atoms with Gasteiger partial charge < -0.3 is 11.1 Å². The van der Waals surface area contributed by atoms with E-state index in [1.807, 2.05) is 5.32 Å². The van der Waals surface area contributed by atoms with Crippen molar-refractivity contribution in [3.8, 4) is 0 Å². The van der Waals surface area contributed by atoms with Gasteiger partial charge in [0.2, 0.25) is 0 Å². The molecule has 0 unspecified atom stereocenters. The van der Waals surface area contributed by atoms with E-state index in [0.717, 1.165) is 0 Å². The summed E-state index contributed by atoms with van der Waals surface area (Å²) in [4.78, 5) is 19.1. The molecule has 0 aliphatic heterocycles. The fourth-order valence-corrected chi connectivity index (χ4v) is 1.42. The van der Waals surface area contributed by atoms with Crippen LogP contribution in [0.4, 0.5) is 30.2 Å². The van der Waals surface area contributed by atoms with E-state index < -0.39 is 43.8 Å². The highest BCUT2D eigenvalue weighted by Crippen LogP contribution is 2.40. The third kappa shape index (κ3) is 3.28. The van der Waals surface area contributed by atoms with Crippen molar-refractivity contribution in [1.82, 2.24) is 0 Å². The van der Waals surface area contributed by atoms with Crippen LogP contribution in [0.2, 0.25) is 0 Å². The van der Waals surface area contributed by atoms with Gasteiger partial charge in [0.15, 0.2) is 10.8 Å². The number of nitrogens with zero attached hydrogens (tertiary/aromatic N) is 2. The minimum atomic E-state index is -4.97. The van der Waals surface area contributed by atoms with Gasteiger partial charge in [-0.3, -0.25) is 20.2 Å². The molecule has 0 atom stereocenters. The molecule has 0 heterocycles. The number of hydrogen-bond donors (Lipinski definition) is 2. The first kappa shape index (κ1) is 15.6. The van der Waals surface area contributed by atoms with Crippen molar-refractivity contribution in [2.45, 2.75) is 6.18 Å². The molecular weight excluding hydrogens is 305 g/mol. The van der Waals surface area contributed by atoms with E-state index in [9.17, 15) is 33.4 Å². The lowest BCUT2D eigenvalue weighted by atomic mass is 10.1. The lowest BCUT2D eigenvalue weighted by Crippen LogP contribution is -2.21. The summed E-state index contributed by atoms with van der Waals surface area (Å²) in [7, 11) is 0. The highest BCUT2D eigenvalue weighted by Gasteiger charge is 2.37. The molecule has 0 aliphatic carbocycles. The van der Waals surface area contributed by atoms with Crippen molar-refractivity contribution in [3.63, 3.8) is 0 Å². The van der Waals surface area contributed by atoms with Crippen LogP contribution in [-0.4, -0.2) is 15.0 Å². The summed E-state index contributed by atoms with van der Waals surface area (Å²) >= 11 is 4.38. The molecule has 12 heteroatoms. The summed E-state index contributed by atoms with van der Waals surface area (Å²) in [6, 6.07) is 0.321. The van der Waals surface area contributed by atoms with E-state index in [1.165, 1.54) is 0 Å². The normalized spacial score (nSPS) is 10.9. The minimum Gasteiger partial charge on any atom is -0.376 e. The van der Waals surface area contributed by atoms with Crippen LogP contribution in [0.5, 0.6) is 0 Å². The van der Waals surface area contributed by atoms with Gasteiger partial charge in [0, 0.05) is 12.1 Å². The molecule has 108 valence electrons. The standard InChI is InChI=1S/C8H5F3N4O4S/c9-8(10,11)3-1-4(14(16)17)6(13-7(12)20)5(2-3)15(18)19/h1-2H,(H3,12,13,20). The maximum atomic E-state index is 12.6. The Balaban J connectivity index is 3.67. The lowest BCUT2D eigenvalue weighted by molar-refractivity contribution is -0.392. The number of thiocarbonyl (C=S) groups is 1. The number of anilines is 1. The lowest BCUT2D eigenvalue weighted by Gasteiger charge is -2.10. The first-order chi connectivity index (χ1) is 9.04. The van der Waals surface area contributed by atoms with Gasteiger partial charge in [-0.1, -0.05) is 0 Å². The van der Waals surface area contributed by atoms with Crippen LogP contribution in [0, 0.1) is 20.2 Å². The van der Waals surface area contributed by atoms with Crippen molar-refractivity contribution < 1.29 is 23.0 Å². The molecule has 20 heavy (non-hydrogen) atoms. The highest BCUT2D eigenvalue weighted by molar-refractivity contribution is 7.80. The fraction of sp³-hybridized carbons (Fsp3) is 0.125. The van der Waals surface area contributed by atoms with Crippen LogP contribution >= 0.6 is 12.2 Å². The Morgan fingerprint density at radius 1 is 1.20 bits per heavy atom. The maximum absolute atomic E-state index is 12.6. The summed E-state index contributed by atoms with van der Waals surface area (Å²) < 4.78 is 37.7. The number of rotatable bonds is 3. The van der Waals surface area contributed by atoms with Crippen molar-refractivity contribution in [2.75, 3.05) is 5.32 Å². The third-order valence-corrected chi connectivity index (χ3v) is 2.17. The van der Waals surface area contributed by atoms with Gasteiger partial charge in [0.05, 0.1) is 15.4 Å². The van der Waals surface area contributed by atoms with Crippen LogP contribution in [-0.2, 0) is 6.18 Å². The topological polar surface area (TPSA) is 124 Å². The second kappa shape index (κ2) is 5.24. The molecule has 0 aromatic heterocycles. The summed E-state index contributed by atoms with van der Waals surface area (Å²) in [5, 5.41) is 22.9. The van der Waals surface area contributed by atoms with Gasteiger partial charge in [-0.05, 0) is 12.2 Å². The third-order valence-electron chi connectivity index (χ3n) is 2.07. The number of halogens is 3. The summed E-state index contributed by atoms with van der Waals surface area (Å²) in [6.07, 6.45) is -4.97. The molecule has 0 fully saturated rings. The number of nitro groups is 2. The fourth-order valence-electron chi connectivity index (χ4n) is 1.31. The van der Waals surface area contributed by atoms with E-state index in [0.29, 0.717) is 0 Å². The van der Waals surface area contributed by atoms with E-state index in [-0.39, 0.29) is 12.1 Å². The second-order valence-corrected chi connectivity index (χ2v) is 3.83. The zero-order valence-electron chi connectivity index (χ0n) is 9.30. The second-order valence-electron chi connectivity index (χ2n) is 3.39. The zero-order chi connectivity index (χ0) is 15.7. The molecule has 3 N–H and O–H groups in total. The Labute approximate surface area is 113 Å². The summed E-state index contributed by atoms with van der Waals surface area (Å²) in [5.74, 6) is 0. The minimum absolute atomic E-state index is 0.160. The van der Waals surface area contributed by atoms with Crippen LogP contribution in [0.15, 0.2) is 12.1 Å². The molecule has 0 aliphatic rings. The van der Waals surface area contributed by atoms with Crippen LogP contribution in [0.3, 0.4) is 0 Å². The van der Waals surface area contributed by atoms with Gasteiger partial charge in [-0.25, -0.2) is 0 Å². The van der Waals surface area contributed by atoms with Gasteiger partial charge in [0.25, 0.3) is 11.4 Å². The maximum Gasteiger partial charge on any atom is 0.416 e. The number of nitrogens with one attached hydrogen (secondary N) is 1. The first-order valence-corrected chi connectivity index (χ1v) is 5.05. The Kier molecular flexibility index (Phi) is 4.08. The largest absolute Gasteiger partial charge is 0.416 e. The van der Waals surface area contributed by atoms with Gasteiger partial charge in [-0.15, -0.1) is 0 Å². The van der Waals surface area contributed by atoms with E-state index in [4.69, 9.17) is 5.73 Å². The summed E-state index contributed by atoms with van der Waals surface area (Å²) in [5.41, 5.74) is 0.404. The van der Waals surface area contributed by atoms with Crippen molar-refractivity contribution in [3.05, 3.63) is 37.9 Å². The molecule has 0 radical (unpaired) electrons. The molecule has 1 rings (SSSR count). The molecule has 8 nitrogen and oxygen atoms in total. The molecular formula is C8H5F3N4O4S. The van der Waals surface area contributed by atoms with Crippen molar-refractivity contribution in [2.24, 2.45) is 5.73 Å². The number of nitrogens with two attached hydrogens (primary N) is 1. The SMILES string of the molecule is NC(=S)Nc1c([N+](=O)[O-])cc(C(F)(F)F)cc1[N+](=O)[O-]. The molecule has 0 saturated carbocycles. The number of alkyl halides is 3. The average molecular weight is 310 g/mol. The molecule has 0 amide bonds. The predicted molar refractivity (Wildman–Crippen MR) is 65.2 cm³/mol. The first-order valence-electron chi connectivity index (χ1n) is 4.64. The van der Waals surface area contributed by atoms with Crippen LogP contribution < -0.4 is 11.1 Å². The Bertz CT molecular complexity index is 569. The molecule has 1 aromatic carbocycles. The van der Waals surface area contributed by atoms with Crippen LogP contribution in [0.1, 0.15) is 5.56 Å². The van der Waals surface area contributed by atoms with Crippen molar-refractivity contribution >= 4 is 34.4 Å². The Hall–Kier alpha value is -2.50. The van der Waals surface area contributed by atoms with Gasteiger partial charge in [0.1, 0.15) is 0 Å². The predicted octanol–water partition coefficient (Wildman–Crippen LogP) is 2.18. The number of hydrogen-bond acceptors (Lipinski definition) is 5. The zero-order valence-corrected chi connectivity index (χ0v) is 10.1. The molecule has 0 saturated heterocycles. The van der Waals surface area contributed by atoms with E-state index in [2.05, 4.69) is 12.2 Å². The van der Waals surface area contributed by atoms with Crippen molar-refractivity contribution in [1.29, 1.82) is 0 Å². The Morgan fingerprint density at radius 3 is 1.85 bits per heavy atom. The molecule has 0 bridgehead atoms. The van der Waals surface area contributed by atoms with Crippen LogP contribution in [0.25, 0.3) is 0 Å². The van der Waals surface area contributed by atoms with Gasteiger partial charge >= 0.3 is 6.18 Å². The molecule has 1 aromatic rings. The molecule has 0 spiro atoms. The average Bonchev–Trinajstić information content (AvgIpc) is 2.25.